The Balaban J connectivity index is 2.47. The molecule has 4 heteroatoms. The molecule has 1 N–H and O–H groups in total. The number of aryl methyl sites for hydroxylation is 1. The van der Waals surface area contributed by atoms with Gasteiger partial charge in [-0.3, -0.25) is 4.79 Å². The third-order valence-corrected chi connectivity index (χ3v) is 3.74. The summed E-state index contributed by atoms with van der Waals surface area (Å²) in [6.45, 7) is 3.42. The number of nitrogens with zero attached hydrogens (tertiary/aromatic N) is 1. The van der Waals surface area contributed by atoms with Crippen molar-refractivity contribution < 1.29 is 9.90 Å². The molecular weight excluding hydrogens is 250 g/mol. The zero-order valence-electron chi connectivity index (χ0n) is 10.7. The number of halogens is 1. The standard InChI is InChI=1S/C14H16ClNO2/c1-14(2,13(17)18)8-9-4-5-11-10(12(9)15)6-7-16(11)3/h4-7H,8H2,1-3H3,(H,17,18). The fraction of sp³-hybridized carbons (Fsp3) is 0.357. The molecule has 0 atom stereocenters. The van der Waals surface area contributed by atoms with Crippen molar-refractivity contribution in [1.29, 1.82) is 0 Å². The zero-order valence-corrected chi connectivity index (χ0v) is 11.5. The van der Waals surface area contributed by atoms with Crippen LogP contribution in [0, 0.1) is 5.41 Å². The van der Waals surface area contributed by atoms with Crippen LogP contribution in [-0.2, 0) is 18.3 Å². The summed E-state index contributed by atoms with van der Waals surface area (Å²) in [6.07, 6.45) is 2.37. The predicted octanol–water partition coefficient (Wildman–Crippen LogP) is 3.49. The second-order valence-corrected chi connectivity index (χ2v) is 5.64. The van der Waals surface area contributed by atoms with E-state index in [1.165, 1.54) is 0 Å². The van der Waals surface area contributed by atoms with E-state index in [1.54, 1.807) is 13.8 Å². The van der Waals surface area contributed by atoms with Crippen LogP contribution in [0.2, 0.25) is 5.02 Å². The quantitative estimate of drug-likeness (QED) is 0.923. The number of hydrogen-bond acceptors (Lipinski definition) is 1. The topological polar surface area (TPSA) is 42.2 Å². The molecule has 1 aromatic carbocycles. The number of carbonyl (C=O) groups is 1. The van der Waals surface area contributed by atoms with E-state index in [9.17, 15) is 4.79 Å². The second kappa shape index (κ2) is 4.32. The Hall–Kier alpha value is -1.48. The zero-order chi connectivity index (χ0) is 13.5. The molecule has 0 aliphatic rings. The van der Waals surface area contributed by atoms with Gasteiger partial charge >= 0.3 is 5.97 Å². The van der Waals surface area contributed by atoms with Gasteiger partial charge in [0.15, 0.2) is 0 Å². The largest absolute Gasteiger partial charge is 0.481 e. The van der Waals surface area contributed by atoms with Crippen molar-refractivity contribution in [2.45, 2.75) is 20.3 Å². The van der Waals surface area contributed by atoms with Crippen LogP contribution >= 0.6 is 11.6 Å². The van der Waals surface area contributed by atoms with Gasteiger partial charge in [-0.15, -0.1) is 0 Å². The number of rotatable bonds is 3. The molecule has 1 aromatic heterocycles. The van der Waals surface area contributed by atoms with Crippen LogP contribution in [0.1, 0.15) is 19.4 Å². The molecule has 2 rings (SSSR count). The summed E-state index contributed by atoms with van der Waals surface area (Å²) < 4.78 is 1.99. The van der Waals surface area contributed by atoms with Crippen LogP contribution in [0.25, 0.3) is 10.9 Å². The van der Waals surface area contributed by atoms with E-state index in [1.807, 2.05) is 36.0 Å². The smallest absolute Gasteiger partial charge is 0.309 e. The van der Waals surface area contributed by atoms with Crippen molar-refractivity contribution in [1.82, 2.24) is 4.57 Å². The number of aliphatic carboxylic acids is 1. The Kier molecular flexibility index (Phi) is 3.11. The van der Waals surface area contributed by atoms with E-state index >= 15 is 0 Å². The van der Waals surface area contributed by atoms with Gasteiger partial charge in [0.25, 0.3) is 0 Å². The molecule has 0 saturated carbocycles. The number of fused-ring (bicyclic) bond motifs is 1. The van der Waals surface area contributed by atoms with Crippen molar-refractivity contribution in [3.05, 3.63) is 35.0 Å². The highest BCUT2D eigenvalue weighted by Gasteiger charge is 2.28. The molecule has 0 spiro atoms. The molecule has 0 amide bonds. The Labute approximate surface area is 111 Å². The van der Waals surface area contributed by atoms with Gasteiger partial charge in [0.2, 0.25) is 0 Å². The Bertz CT molecular complexity index is 614. The summed E-state index contributed by atoms with van der Waals surface area (Å²) in [6, 6.07) is 5.85. The van der Waals surface area contributed by atoms with Gasteiger partial charge in [-0.2, -0.15) is 0 Å². The molecule has 0 aliphatic heterocycles. The molecule has 18 heavy (non-hydrogen) atoms. The highest BCUT2D eigenvalue weighted by molar-refractivity contribution is 6.36. The van der Waals surface area contributed by atoms with Gasteiger partial charge in [-0.1, -0.05) is 17.7 Å². The minimum atomic E-state index is -0.813. The van der Waals surface area contributed by atoms with Crippen LogP contribution in [0.5, 0.6) is 0 Å². The van der Waals surface area contributed by atoms with Gasteiger partial charge in [-0.25, -0.2) is 0 Å². The lowest BCUT2D eigenvalue weighted by molar-refractivity contribution is -0.146. The third-order valence-electron chi connectivity index (χ3n) is 3.29. The highest BCUT2D eigenvalue weighted by atomic mass is 35.5. The second-order valence-electron chi connectivity index (χ2n) is 5.26. The summed E-state index contributed by atoms with van der Waals surface area (Å²) >= 11 is 6.36. The SMILES string of the molecule is Cn1ccc2c(Cl)c(CC(C)(C)C(=O)O)ccc21. The fourth-order valence-electron chi connectivity index (χ4n) is 2.05. The van der Waals surface area contributed by atoms with Crippen LogP contribution in [0.3, 0.4) is 0 Å². The Morgan fingerprint density at radius 2 is 2.06 bits per heavy atom. The van der Waals surface area contributed by atoms with Crippen molar-refractivity contribution in [2.24, 2.45) is 12.5 Å². The van der Waals surface area contributed by atoms with E-state index in [0.717, 1.165) is 16.5 Å². The predicted molar refractivity (Wildman–Crippen MR) is 73.0 cm³/mol. The van der Waals surface area contributed by atoms with Gasteiger partial charge in [0.05, 0.1) is 10.4 Å². The molecule has 1 heterocycles. The minimum Gasteiger partial charge on any atom is -0.481 e. The average Bonchev–Trinajstić information content (AvgIpc) is 2.65. The lowest BCUT2D eigenvalue weighted by atomic mass is 9.85. The number of carboxylic acids is 1. The molecule has 0 aliphatic carbocycles. The van der Waals surface area contributed by atoms with Crippen molar-refractivity contribution in [3.8, 4) is 0 Å². The Morgan fingerprint density at radius 3 is 2.67 bits per heavy atom. The van der Waals surface area contributed by atoms with E-state index in [4.69, 9.17) is 16.7 Å². The molecule has 0 fully saturated rings. The summed E-state index contributed by atoms with van der Waals surface area (Å²) in [5.74, 6) is -0.813. The molecule has 96 valence electrons. The van der Waals surface area contributed by atoms with E-state index < -0.39 is 11.4 Å². The number of aromatic nitrogens is 1. The van der Waals surface area contributed by atoms with Gasteiger partial charge in [-0.05, 0) is 38.0 Å². The minimum absolute atomic E-state index is 0.423. The van der Waals surface area contributed by atoms with Crippen LogP contribution < -0.4 is 0 Å². The maximum atomic E-state index is 11.2. The summed E-state index contributed by atoms with van der Waals surface area (Å²) in [4.78, 5) is 11.2. The summed E-state index contributed by atoms with van der Waals surface area (Å²) in [7, 11) is 1.96. The monoisotopic (exact) mass is 265 g/mol. The Morgan fingerprint density at radius 1 is 1.39 bits per heavy atom. The number of hydrogen-bond donors (Lipinski definition) is 1. The summed E-state index contributed by atoms with van der Waals surface area (Å²) in [5, 5.41) is 10.8. The molecule has 0 radical (unpaired) electrons. The van der Waals surface area contributed by atoms with E-state index in [2.05, 4.69) is 0 Å². The first-order valence-electron chi connectivity index (χ1n) is 5.79. The molecular formula is C14H16ClNO2. The van der Waals surface area contributed by atoms with Gasteiger partial charge in [0, 0.05) is 24.1 Å². The first kappa shape index (κ1) is 13.0. The van der Waals surface area contributed by atoms with Crippen LogP contribution in [0.15, 0.2) is 24.4 Å². The molecule has 0 bridgehead atoms. The van der Waals surface area contributed by atoms with Gasteiger partial charge in [0.1, 0.15) is 0 Å². The van der Waals surface area contributed by atoms with Crippen molar-refractivity contribution >= 4 is 28.5 Å². The van der Waals surface area contributed by atoms with Gasteiger partial charge < -0.3 is 9.67 Å². The average molecular weight is 266 g/mol. The molecule has 0 saturated heterocycles. The number of benzene rings is 1. The normalized spacial score (nSPS) is 12.0. The lowest BCUT2D eigenvalue weighted by Gasteiger charge is -2.20. The maximum absolute atomic E-state index is 11.2. The highest BCUT2D eigenvalue weighted by Crippen LogP contribution is 2.32. The third kappa shape index (κ3) is 2.10. The number of carboxylic acid groups (broad SMARTS) is 1. The molecule has 0 unspecified atom stereocenters. The van der Waals surface area contributed by atoms with Crippen molar-refractivity contribution in [2.75, 3.05) is 0 Å². The lowest BCUT2D eigenvalue weighted by Crippen LogP contribution is -2.26. The summed E-state index contributed by atoms with van der Waals surface area (Å²) in [5.41, 5.74) is 1.12. The first-order valence-corrected chi connectivity index (χ1v) is 6.16. The fourth-order valence-corrected chi connectivity index (χ4v) is 2.34. The van der Waals surface area contributed by atoms with E-state index in [-0.39, 0.29) is 0 Å². The van der Waals surface area contributed by atoms with Crippen LogP contribution in [0.4, 0.5) is 0 Å². The molecule has 2 aromatic rings. The van der Waals surface area contributed by atoms with Crippen LogP contribution in [-0.4, -0.2) is 15.6 Å². The van der Waals surface area contributed by atoms with Crippen molar-refractivity contribution in [3.63, 3.8) is 0 Å². The first-order chi connectivity index (χ1) is 8.33. The maximum Gasteiger partial charge on any atom is 0.309 e. The van der Waals surface area contributed by atoms with E-state index in [0.29, 0.717) is 11.4 Å². The molecule has 3 nitrogen and oxygen atoms in total.